The van der Waals surface area contributed by atoms with Gasteiger partial charge in [-0.05, 0) is 30.5 Å². The number of methoxy groups -OCH3 is 1. The minimum Gasteiger partial charge on any atom is -0.748 e. The SMILES string of the molecule is COc1ccc(CCCS(=O)(=O)[O-])cc1. The molecule has 15 heavy (non-hydrogen) atoms. The zero-order valence-electron chi connectivity index (χ0n) is 8.47. The smallest absolute Gasteiger partial charge is 0.118 e. The number of benzene rings is 1. The van der Waals surface area contributed by atoms with Crippen molar-refractivity contribution in [2.24, 2.45) is 0 Å². The zero-order chi connectivity index (χ0) is 11.3. The van der Waals surface area contributed by atoms with Gasteiger partial charge in [0.05, 0.1) is 17.2 Å². The number of rotatable bonds is 5. The van der Waals surface area contributed by atoms with Gasteiger partial charge >= 0.3 is 0 Å². The quantitative estimate of drug-likeness (QED) is 0.711. The number of ether oxygens (including phenoxy) is 1. The average Bonchev–Trinajstić information content (AvgIpc) is 2.17. The van der Waals surface area contributed by atoms with Gasteiger partial charge in [0.15, 0.2) is 0 Å². The maximum absolute atomic E-state index is 10.3. The summed E-state index contributed by atoms with van der Waals surface area (Å²) in [5, 5.41) is 0. The Morgan fingerprint density at radius 3 is 2.33 bits per heavy atom. The van der Waals surface area contributed by atoms with Crippen LogP contribution in [0.4, 0.5) is 0 Å². The molecule has 1 rings (SSSR count). The van der Waals surface area contributed by atoms with E-state index >= 15 is 0 Å². The third kappa shape index (κ3) is 4.80. The first-order valence-electron chi connectivity index (χ1n) is 4.58. The van der Waals surface area contributed by atoms with Crippen LogP contribution in [-0.4, -0.2) is 25.8 Å². The molecule has 0 bridgehead atoms. The Hall–Kier alpha value is -1.07. The van der Waals surface area contributed by atoms with Crippen molar-refractivity contribution in [1.82, 2.24) is 0 Å². The predicted molar refractivity (Wildman–Crippen MR) is 55.9 cm³/mol. The maximum atomic E-state index is 10.3. The van der Waals surface area contributed by atoms with E-state index in [4.69, 9.17) is 4.74 Å². The standard InChI is InChI=1S/C10H14O4S/c1-14-10-6-4-9(5-7-10)3-2-8-15(11,12)13/h4-7H,2-3,8H2,1H3,(H,11,12,13)/p-1. The Morgan fingerprint density at radius 1 is 1.27 bits per heavy atom. The van der Waals surface area contributed by atoms with Crippen LogP contribution < -0.4 is 4.74 Å². The highest BCUT2D eigenvalue weighted by Gasteiger charge is 1.98. The van der Waals surface area contributed by atoms with Crippen LogP contribution in [0, 0.1) is 0 Å². The summed E-state index contributed by atoms with van der Waals surface area (Å²) in [5.74, 6) is 0.453. The van der Waals surface area contributed by atoms with Crippen LogP contribution in [0.2, 0.25) is 0 Å². The maximum Gasteiger partial charge on any atom is 0.118 e. The molecule has 0 unspecified atom stereocenters. The largest absolute Gasteiger partial charge is 0.748 e. The Labute approximate surface area is 89.6 Å². The summed E-state index contributed by atoms with van der Waals surface area (Å²) in [6.45, 7) is 0. The molecule has 0 spiro atoms. The van der Waals surface area contributed by atoms with Crippen molar-refractivity contribution in [2.45, 2.75) is 12.8 Å². The van der Waals surface area contributed by atoms with Gasteiger partial charge in [0, 0.05) is 5.75 Å². The van der Waals surface area contributed by atoms with Crippen LogP contribution in [0.15, 0.2) is 24.3 Å². The molecule has 0 fully saturated rings. The van der Waals surface area contributed by atoms with Crippen LogP contribution >= 0.6 is 0 Å². The molecule has 0 N–H and O–H groups in total. The molecule has 0 aromatic heterocycles. The summed E-state index contributed by atoms with van der Waals surface area (Å²) >= 11 is 0. The molecule has 1 aromatic carbocycles. The Morgan fingerprint density at radius 2 is 1.87 bits per heavy atom. The molecule has 0 atom stereocenters. The molecule has 0 heterocycles. The van der Waals surface area contributed by atoms with E-state index in [-0.39, 0.29) is 5.75 Å². The van der Waals surface area contributed by atoms with Crippen LogP contribution in [0.25, 0.3) is 0 Å². The summed E-state index contributed by atoms with van der Waals surface area (Å²) in [4.78, 5) is 0. The van der Waals surface area contributed by atoms with Crippen LogP contribution in [0.5, 0.6) is 5.75 Å². The topological polar surface area (TPSA) is 66.4 Å². The summed E-state index contributed by atoms with van der Waals surface area (Å²) in [5.41, 5.74) is 0.999. The van der Waals surface area contributed by atoms with E-state index in [0.29, 0.717) is 12.8 Å². The van der Waals surface area contributed by atoms with E-state index < -0.39 is 10.1 Å². The minimum atomic E-state index is -4.08. The van der Waals surface area contributed by atoms with Gasteiger partial charge in [0.1, 0.15) is 5.75 Å². The fourth-order valence-electron chi connectivity index (χ4n) is 1.25. The molecular weight excluding hydrogens is 216 g/mol. The molecule has 0 aliphatic heterocycles. The lowest BCUT2D eigenvalue weighted by molar-refractivity contribution is 0.414. The van der Waals surface area contributed by atoms with Crippen LogP contribution in [-0.2, 0) is 16.5 Å². The molecule has 0 aliphatic carbocycles. The highest BCUT2D eigenvalue weighted by Crippen LogP contribution is 2.12. The molecule has 0 radical (unpaired) electrons. The van der Waals surface area contributed by atoms with Crippen molar-refractivity contribution in [2.75, 3.05) is 12.9 Å². The lowest BCUT2D eigenvalue weighted by Gasteiger charge is -2.06. The van der Waals surface area contributed by atoms with E-state index in [1.165, 1.54) is 0 Å². The molecule has 0 saturated carbocycles. The van der Waals surface area contributed by atoms with Gasteiger partial charge in [-0.2, -0.15) is 0 Å². The zero-order valence-corrected chi connectivity index (χ0v) is 9.29. The molecule has 1 aromatic rings. The lowest BCUT2D eigenvalue weighted by atomic mass is 10.1. The molecule has 0 amide bonds. The van der Waals surface area contributed by atoms with Gasteiger partial charge in [-0.15, -0.1) is 0 Å². The van der Waals surface area contributed by atoms with Gasteiger partial charge < -0.3 is 9.29 Å². The summed E-state index contributed by atoms with van der Waals surface area (Å²) in [6, 6.07) is 7.33. The highest BCUT2D eigenvalue weighted by molar-refractivity contribution is 7.85. The molecule has 4 nitrogen and oxygen atoms in total. The van der Waals surface area contributed by atoms with E-state index in [9.17, 15) is 13.0 Å². The van der Waals surface area contributed by atoms with Gasteiger partial charge in [-0.25, -0.2) is 8.42 Å². The first kappa shape index (κ1) is 12.0. The second-order valence-electron chi connectivity index (χ2n) is 3.21. The van der Waals surface area contributed by atoms with Crippen molar-refractivity contribution in [3.63, 3.8) is 0 Å². The van der Waals surface area contributed by atoms with Crippen molar-refractivity contribution < 1.29 is 17.7 Å². The van der Waals surface area contributed by atoms with Crippen molar-refractivity contribution in [3.05, 3.63) is 29.8 Å². The third-order valence-electron chi connectivity index (χ3n) is 2.02. The normalized spacial score (nSPS) is 11.3. The first-order chi connectivity index (χ1) is 7.01. The van der Waals surface area contributed by atoms with Crippen LogP contribution in [0.3, 0.4) is 0 Å². The lowest BCUT2D eigenvalue weighted by Crippen LogP contribution is -2.05. The van der Waals surface area contributed by atoms with Crippen molar-refractivity contribution >= 4 is 10.1 Å². The van der Waals surface area contributed by atoms with E-state index in [2.05, 4.69) is 0 Å². The summed E-state index contributed by atoms with van der Waals surface area (Å²) < 4.78 is 36.0. The van der Waals surface area contributed by atoms with Gasteiger partial charge in [-0.3, -0.25) is 0 Å². The average molecular weight is 229 g/mol. The first-order valence-corrected chi connectivity index (χ1v) is 6.15. The van der Waals surface area contributed by atoms with Crippen LogP contribution in [0.1, 0.15) is 12.0 Å². The third-order valence-corrected chi connectivity index (χ3v) is 2.81. The highest BCUT2D eigenvalue weighted by atomic mass is 32.2. The van der Waals surface area contributed by atoms with Crippen molar-refractivity contribution in [3.8, 4) is 5.75 Å². The van der Waals surface area contributed by atoms with Gasteiger partial charge in [-0.1, -0.05) is 12.1 Å². The number of hydrogen-bond donors (Lipinski definition) is 0. The Balaban J connectivity index is 2.45. The van der Waals surface area contributed by atoms with E-state index in [0.717, 1.165) is 11.3 Å². The predicted octanol–water partition coefficient (Wildman–Crippen LogP) is 1.17. The Kier molecular flexibility index (Phi) is 4.11. The van der Waals surface area contributed by atoms with Gasteiger partial charge in [0.25, 0.3) is 0 Å². The summed E-state index contributed by atoms with van der Waals surface area (Å²) in [7, 11) is -2.50. The molecule has 0 saturated heterocycles. The fourth-order valence-corrected chi connectivity index (χ4v) is 1.74. The fraction of sp³-hybridized carbons (Fsp3) is 0.400. The summed E-state index contributed by atoms with van der Waals surface area (Å²) in [6.07, 6.45) is 0.948. The minimum absolute atomic E-state index is 0.307. The van der Waals surface area contributed by atoms with Crippen molar-refractivity contribution in [1.29, 1.82) is 0 Å². The monoisotopic (exact) mass is 229 g/mol. The molecule has 84 valence electrons. The second kappa shape index (κ2) is 5.14. The Bertz CT molecular complexity index is 394. The van der Waals surface area contributed by atoms with E-state index in [1.807, 2.05) is 12.1 Å². The molecule has 0 aliphatic rings. The number of aryl methyl sites for hydroxylation is 1. The molecule has 5 heteroatoms. The second-order valence-corrected chi connectivity index (χ2v) is 4.74. The van der Waals surface area contributed by atoms with Gasteiger partial charge in [0.2, 0.25) is 0 Å². The number of hydrogen-bond acceptors (Lipinski definition) is 4. The molecular formula is C10H13O4S-. The van der Waals surface area contributed by atoms with E-state index in [1.54, 1.807) is 19.2 Å².